The minimum atomic E-state index is -0.0323. The van der Waals surface area contributed by atoms with E-state index in [1.54, 1.807) is 12.4 Å². The smallest absolute Gasteiger partial charge is 0.251 e. The summed E-state index contributed by atoms with van der Waals surface area (Å²) in [5.74, 6) is 0.776. The zero-order valence-electron chi connectivity index (χ0n) is 15.6. The predicted octanol–water partition coefficient (Wildman–Crippen LogP) is 3.88. The second-order valence-corrected chi connectivity index (χ2v) is 8.00. The third kappa shape index (κ3) is 3.68. The third-order valence-electron chi connectivity index (χ3n) is 5.31. The topological polar surface area (TPSA) is 61.0 Å². The highest BCUT2D eigenvalue weighted by Gasteiger charge is 2.29. The van der Waals surface area contributed by atoms with Gasteiger partial charge in [0.1, 0.15) is 5.82 Å². The Morgan fingerprint density at radius 2 is 2.11 bits per heavy atom. The summed E-state index contributed by atoms with van der Waals surface area (Å²) in [5.41, 5.74) is 3.13. The Balaban J connectivity index is 1.33. The molecule has 0 saturated carbocycles. The van der Waals surface area contributed by atoms with Crippen LogP contribution < -0.4 is 5.32 Å². The van der Waals surface area contributed by atoms with E-state index in [0.717, 1.165) is 24.4 Å². The molecule has 2 aromatic heterocycles. The molecule has 2 atom stereocenters. The van der Waals surface area contributed by atoms with E-state index in [-0.39, 0.29) is 5.91 Å². The molecule has 27 heavy (non-hydrogen) atoms. The Hall–Kier alpha value is -2.44. The van der Waals surface area contributed by atoms with E-state index in [9.17, 15) is 4.79 Å². The van der Waals surface area contributed by atoms with Crippen LogP contribution in [-0.2, 0) is 6.42 Å². The van der Waals surface area contributed by atoms with Crippen molar-refractivity contribution in [1.29, 1.82) is 0 Å². The molecule has 4 rings (SSSR count). The molecule has 0 spiro atoms. The minimum Gasteiger partial charge on any atom is -0.351 e. The van der Waals surface area contributed by atoms with Gasteiger partial charge in [-0.1, -0.05) is 12.1 Å². The first-order valence-corrected chi connectivity index (χ1v) is 10.2. The van der Waals surface area contributed by atoms with Crippen LogP contribution in [0.25, 0.3) is 11.4 Å². The Labute approximate surface area is 163 Å². The summed E-state index contributed by atoms with van der Waals surface area (Å²) in [4.78, 5) is 23.7. The first-order chi connectivity index (χ1) is 13.1. The number of benzene rings is 1. The summed E-state index contributed by atoms with van der Waals surface area (Å²) in [5, 5.41) is 5.24. The number of imidazole rings is 1. The molecule has 1 aliphatic heterocycles. The average Bonchev–Trinajstić information content (AvgIpc) is 3.36. The lowest BCUT2D eigenvalue weighted by atomic mass is 9.97. The molecule has 2 unspecified atom stereocenters. The molecule has 6 heteroatoms. The van der Waals surface area contributed by atoms with Gasteiger partial charge in [0.05, 0.1) is 0 Å². The van der Waals surface area contributed by atoms with Crippen LogP contribution in [-0.4, -0.2) is 39.9 Å². The van der Waals surface area contributed by atoms with Gasteiger partial charge in [-0.3, -0.25) is 9.69 Å². The van der Waals surface area contributed by atoms with Crippen molar-refractivity contribution < 1.29 is 4.79 Å². The average molecular weight is 381 g/mol. The fraction of sp³-hybridized carbons (Fsp3) is 0.333. The summed E-state index contributed by atoms with van der Waals surface area (Å²) < 4.78 is 0. The SMILES string of the molecule is CC1Cc2ccsc2C(C)N1CCNC(=O)c1ccc(-c2ncc[nH]2)cc1. The number of fused-ring (bicyclic) bond motifs is 1. The van der Waals surface area contributed by atoms with Crippen molar-refractivity contribution >= 4 is 17.2 Å². The molecule has 140 valence electrons. The fourth-order valence-corrected chi connectivity index (χ4v) is 4.88. The number of amides is 1. The normalized spacial score (nSPS) is 19.6. The van der Waals surface area contributed by atoms with E-state index in [2.05, 4.69) is 45.5 Å². The molecule has 0 saturated heterocycles. The third-order valence-corrected chi connectivity index (χ3v) is 6.44. The van der Waals surface area contributed by atoms with Gasteiger partial charge in [0.25, 0.3) is 5.91 Å². The van der Waals surface area contributed by atoms with Crippen LogP contribution in [0.2, 0.25) is 0 Å². The lowest BCUT2D eigenvalue weighted by Gasteiger charge is -2.38. The van der Waals surface area contributed by atoms with Crippen molar-refractivity contribution in [2.24, 2.45) is 0 Å². The summed E-state index contributed by atoms with van der Waals surface area (Å²) >= 11 is 1.84. The molecule has 0 radical (unpaired) electrons. The van der Waals surface area contributed by atoms with E-state index in [4.69, 9.17) is 0 Å². The number of aromatic amines is 1. The molecule has 3 heterocycles. The number of hydrogen-bond donors (Lipinski definition) is 2. The van der Waals surface area contributed by atoms with Crippen LogP contribution in [0, 0.1) is 0 Å². The van der Waals surface area contributed by atoms with Crippen molar-refractivity contribution in [2.45, 2.75) is 32.4 Å². The standard InChI is InChI=1S/C21H24N4OS/c1-14-13-18-7-12-27-19(18)15(2)25(14)11-10-24-21(26)17-5-3-16(4-6-17)20-22-8-9-23-20/h3-9,12,14-15H,10-11,13H2,1-2H3,(H,22,23)(H,24,26). The van der Waals surface area contributed by atoms with Gasteiger partial charge in [-0.2, -0.15) is 0 Å². The fourth-order valence-electron chi connectivity index (χ4n) is 3.87. The van der Waals surface area contributed by atoms with E-state index in [1.165, 1.54) is 10.4 Å². The highest BCUT2D eigenvalue weighted by atomic mass is 32.1. The molecule has 1 amide bonds. The monoisotopic (exact) mass is 380 g/mol. The predicted molar refractivity (Wildman–Crippen MR) is 109 cm³/mol. The van der Waals surface area contributed by atoms with E-state index < -0.39 is 0 Å². The summed E-state index contributed by atoms with van der Waals surface area (Å²) in [6.45, 7) is 6.04. The van der Waals surface area contributed by atoms with Gasteiger partial charge in [0.15, 0.2) is 0 Å². The molecule has 0 bridgehead atoms. The van der Waals surface area contributed by atoms with Crippen molar-refractivity contribution in [3.8, 4) is 11.4 Å². The molecule has 0 aliphatic carbocycles. The maximum Gasteiger partial charge on any atom is 0.251 e. The first-order valence-electron chi connectivity index (χ1n) is 9.33. The van der Waals surface area contributed by atoms with E-state index in [0.29, 0.717) is 24.2 Å². The van der Waals surface area contributed by atoms with Gasteiger partial charge in [0.2, 0.25) is 0 Å². The van der Waals surface area contributed by atoms with Gasteiger partial charge in [-0.25, -0.2) is 4.98 Å². The number of aromatic nitrogens is 2. The molecule has 5 nitrogen and oxygen atoms in total. The number of H-pyrrole nitrogens is 1. The first kappa shape index (κ1) is 17.9. The van der Waals surface area contributed by atoms with Gasteiger partial charge in [-0.05, 0) is 49.4 Å². The van der Waals surface area contributed by atoms with Crippen LogP contribution in [0.4, 0.5) is 0 Å². The molecule has 1 aromatic carbocycles. The number of thiophene rings is 1. The Kier molecular flexibility index (Phi) is 5.09. The lowest BCUT2D eigenvalue weighted by Crippen LogP contribution is -2.44. The molecular formula is C21H24N4OS. The number of nitrogens with zero attached hydrogens (tertiary/aromatic N) is 2. The molecule has 0 fully saturated rings. The van der Waals surface area contributed by atoms with Gasteiger partial charge >= 0.3 is 0 Å². The maximum atomic E-state index is 12.5. The lowest BCUT2D eigenvalue weighted by molar-refractivity contribution is 0.0930. The van der Waals surface area contributed by atoms with Crippen LogP contribution in [0.1, 0.15) is 40.7 Å². The Bertz CT molecular complexity index is 901. The number of rotatable bonds is 5. The molecule has 2 N–H and O–H groups in total. The molecule has 1 aliphatic rings. The number of carbonyl (C=O) groups is 1. The van der Waals surface area contributed by atoms with Crippen LogP contribution in [0.5, 0.6) is 0 Å². The number of hydrogen-bond acceptors (Lipinski definition) is 4. The summed E-state index contributed by atoms with van der Waals surface area (Å²) in [6, 6.07) is 10.7. The van der Waals surface area contributed by atoms with E-state index in [1.807, 2.05) is 35.6 Å². The van der Waals surface area contributed by atoms with Gasteiger partial charge < -0.3 is 10.3 Å². The van der Waals surface area contributed by atoms with Crippen molar-refractivity contribution in [3.63, 3.8) is 0 Å². The van der Waals surface area contributed by atoms with Crippen LogP contribution >= 0.6 is 11.3 Å². The molecule has 3 aromatic rings. The maximum absolute atomic E-state index is 12.5. The van der Waals surface area contributed by atoms with Crippen LogP contribution in [0.15, 0.2) is 48.1 Å². The quantitative estimate of drug-likeness (QED) is 0.706. The van der Waals surface area contributed by atoms with Crippen molar-refractivity contribution in [1.82, 2.24) is 20.2 Å². The summed E-state index contributed by atoms with van der Waals surface area (Å²) in [6.07, 6.45) is 4.60. The van der Waals surface area contributed by atoms with Gasteiger partial charge in [-0.15, -0.1) is 11.3 Å². The van der Waals surface area contributed by atoms with Crippen molar-refractivity contribution in [3.05, 3.63) is 64.1 Å². The largest absolute Gasteiger partial charge is 0.351 e. The zero-order valence-corrected chi connectivity index (χ0v) is 16.4. The second-order valence-electron chi connectivity index (χ2n) is 7.05. The second kappa shape index (κ2) is 7.66. The highest BCUT2D eigenvalue weighted by Crippen LogP contribution is 2.35. The Morgan fingerprint density at radius 1 is 1.30 bits per heavy atom. The minimum absolute atomic E-state index is 0.0323. The Morgan fingerprint density at radius 3 is 2.85 bits per heavy atom. The zero-order chi connectivity index (χ0) is 18.8. The van der Waals surface area contributed by atoms with Crippen LogP contribution in [0.3, 0.4) is 0 Å². The van der Waals surface area contributed by atoms with E-state index >= 15 is 0 Å². The molecular weight excluding hydrogens is 356 g/mol. The van der Waals surface area contributed by atoms with Crippen molar-refractivity contribution in [2.75, 3.05) is 13.1 Å². The number of carbonyl (C=O) groups excluding carboxylic acids is 1. The van der Waals surface area contributed by atoms with Gasteiger partial charge in [0, 0.05) is 53.6 Å². The highest BCUT2D eigenvalue weighted by molar-refractivity contribution is 7.10. The summed E-state index contributed by atoms with van der Waals surface area (Å²) in [7, 11) is 0. The number of nitrogens with one attached hydrogen (secondary N) is 2.